The molecule has 3 rings (SSSR count). The SMILES string of the molecule is Cc1ccc(CN(C(=O)c2ccc(C)cc2)[C@H]2CCS(=O)(=O)C2)cc1. The monoisotopic (exact) mass is 357 g/mol. The molecule has 0 bridgehead atoms. The number of amides is 1. The van der Waals surface area contributed by atoms with Gasteiger partial charge in [-0.15, -0.1) is 0 Å². The number of carbonyl (C=O) groups is 1. The van der Waals surface area contributed by atoms with Crippen LogP contribution in [0, 0.1) is 13.8 Å². The van der Waals surface area contributed by atoms with Crippen LogP contribution in [0.3, 0.4) is 0 Å². The molecule has 5 heteroatoms. The molecule has 0 N–H and O–H groups in total. The van der Waals surface area contributed by atoms with Gasteiger partial charge in [0.15, 0.2) is 9.84 Å². The third-order valence-electron chi connectivity index (χ3n) is 4.68. The summed E-state index contributed by atoms with van der Waals surface area (Å²) in [5.41, 5.74) is 3.85. The second-order valence-corrected chi connectivity index (χ2v) is 9.07. The first-order valence-corrected chi connectivity index (χ1v) is 10.3. The molecule has 2 aromatic rings. The number of hydrogen-bond donors (Lipinski definition) is 0. The van der Waals surface area contributed by atoms with E-state index in [2.05, 4.69) is 0 Å². The van der Waals surface area contributed by atoms with Gasteiger partial charge in [-0.3, -0.25) is 4.79 Å². The van der Waals surface area contributed by atoms with Gasteiger partial charge in [0, 0.05) is 18.2 Å². The van der Waals surface area contributed by atoms with Crippen molar-refractivity contribution in [1.82, 2.24) is 4.90 Å². The summed E-state index contributed by atoms with van der Waals surface area (Å²) in [4.78, 5) is 14.8. The van der Waals surface area contributed by atoms with E-state index in [1.54, 1.807) is 4.90 Å². The zero-order chi connectivity index (χ0) is 18.0. The van der Waals surface area contributed by atoms with Gasteiger partial charge in [0.2, 0.25) is 0 Å². The maximum absolute atomic E-state index is 13.1. The van der Waals surface area contributed by atoms with Crippen molar-refractivity contribution in [3.05, 3.63) is 70.8 Å². The van der Waals surface area contributed by atoms with Crippen LogP contribution in [0.2, 0.25) is 0 Å². The van der Waals surface area contributed by atoms with Gasteiger partial charge in [-0.2, -0.15) is 0 Å². The van der Waals surface area contributed by atoms with Crippen molar-refractivity contribution < 1.29 is 13.2 Å². The highest BCUT2D eigenvalue weighted by Gasteiger charge is 2.35. The zero-order valence-corrected chi connectivity index (χ0v) is 15.4. The van der Waals surface area contributed by atoms with Crippen molar-refractivity contribution in [1.29, 1.82) is 0 Å². The molecule has 25 heavy (non-hydrogen) atoms. The molecule has 0 saturated carbocycles. The summed E-state index contributed by atoms with van der Waals surface area (Å²) in [6.45, 7) is 4.41. The summed E-state index contributed by atoms with van der Waals surface area (Å²) in [5.74, 6) is 0.0994. The van der Waals surface area contributed by atoms with E-state index in [9.17, 15) is 13.2 Å². The van der Waals surface area contributed by atoms with Crippen molar-refractivity contribution in [2.24, 2.45) is 0 Å². The highest BCUT2D eigenvalue weighted by Crippen LogP contribution is 2.22. The average molecular weight is 357 g/mol. The highest BCUT2D eigenvalue weighted by molar-refractivity contribution is 7.91. The van der Waals surface area contributed by atoms with E-state index in [1.165, 1.54) is 0 Å². The summed E-state index contributed by atoms with van der Waals surface area (Å²) in [6.07, 6.45) is 0.506. The number of carbonyl (C=O) groups excluding carboxylic acids is 1. The van der Waals surface area contributed by atoms with Crippen molar-refractivity contribution in [2.45, 2.75) is 32.9 Å². The van der Waals surface area contributed by atoms with Gasteiger partial charge in [0.05, 0.1) is 11.5 Å². The maximum Gasteiger partial charge on any atom is 0.254 e. The molecule has 1 saturated heterocycles. The number of sulfone groups is 1. The van der Waals surface area contributed by atoms with E-state index in [0.717, 1.165) is 16.7 Å². The van der Waals surface area contributed by atoms with Crippen molar-refractivity contribution in [3.8, 4) is 0 Å². The van der Waals surface area contributed by atoms with Crippen LogP contribution in [0.1, 0.15) is 33.5 Å². The Morgan fingerprint density at radius 1 is 1.00 bits per heavy atom. The Hall–Kier alpha value is -2.14. The van der Waals surface area contributed by atoms with Crippen LogP contribution < -0.4 is 0 Å². The summed E-state index contributed by atoms with van der Waals surface area (Å²) >= 11 is 0. The normalized spacial score (nSPS) is 18.9. The van der Waals surface area contributed by atoms with Crippen LogP contribution in [0.4, 0.5) is 0 Å². The Bertz CT molecular complexity index is 855. The lowest BCUT2D eigenvalue weighted by Gasteiger charge is -2.28. The predicted molar refractivity (Wildman–Crippen MR) is 99.3 cm³/mol. The van der Waals surface area contributed by atoms with Crippen LogP contribution in [0.15, 0.2) is 48.5 Å². The molecule has 0 spiro atoms. The van der Waals surface area contributed by atoms with E-state index >= 15 is 0 Å². The standard InChI is InChI=1S/C20H23NO3S/c1-15-3-7-17(8-4-15)13-21(19-11-12-25(23,24)14-19)20(22)18-9-5-16(2)6-10-18/h3-10,19H,11-14H2,1-2H3/t19-/m0/s1. The van der Waals surface area contributed by atoms with E-state index in [1.807, 2.05) is 62.4 Å². The average Bonchev–Trinajstić information content (AvgIpc) is 2.94. The van der Waals surface area contributed by atoms with E-state index in [0.29, 0.717) is 18.5 Å². The minimum absolute atomic E-state index is 0.0520. The Balaban J connectivity index is 1.89. The predicted octanol–water partition coefficient (Wildman–Crippen LogP) is 3.13. The second-order valence-electron chi connectivity index (χ2n) is 6.84. The second kappa shape index (κ2) is 7.00. The molecule has 4 nitrogen and oxygen atoms in total. The first-order valence-electron chi connectivity index (χ1n) is 8.48. The Labute approximate surface area is 149 Å². The van der Waals surface area contributed by atoms with Crippen LogP contribution in [-0.4, -0.2) is 36.8 Å². The van der Waals surface area contributed by atoms with Gasteiger partial charge >= 0.3 is 0 Å². The molecule has 1 aliphatic heterocycles. The van der Waals surface area contributed by atoms with Gasteiger partial charge < -0.3 is 4.90 Å². The van der Waals surface area contributed by atoms with E-state index in [-0.39, 0.29) is 23.5 Å². The van der Waals surface area contributed by atoms with Crippen molar-refractivity contribution >= 4 is 15.7 Å². The minimum atomic E-state index is -3.06. The largest absolute Gasteiger partial charge is 0.330 e. The van der Waals surface area contributed by atoms with Gasteiger partial charge in [-0.1, -0.05) is 47.5 Å². The van der Waals surface area contributed by atoms with Gasteiger partial charge in [-0.25, -0.2) is 8.42 Å². The number of hydrogen-bond acceptors (Lipinski definition) is 3. The molecule has 1 aliphatic rings. The molecule has 0 unspecified atom stereocenters. The quantitative estimate of drug-likeness (QED) is 0.845. The van der Waals surface area contributed by atoms with Gasteiger partial charge in [0.25, 0.3) is 5.91 Å². The third kappa shape index (κ3) is 4.28. The fraction of sp³-hybridized carbons (Fsp3) is 0.350. The Morgan fingerprint density at radius 2 is 1.56 bits per heavy atom. The lowest BCUT2D eigenvalue weighted by atomic mass is 10.1. The van der Waals surface area contributed by atoms with Crippen molar-refractivity contribution in [2.75, 3.05) is 11.5 Å². The Kier molecular flexibility index (Phi) is 4.95. The molecule has 0 radical (unpaired) electrons. The number of aryl methyl sites for hydroxylation is 2. The lowest BCUT2D eigenvalue weighted by molar-refractivity contribution is 0.0681. The summed E-state index contributed by atoms with van der Waals surface area (Å²) in [7, 11) is -3.06. The number of benzene rings is 2. The molecule has 1 amide bonds. The smallest absolute Gasteiger partial charge is 0.254 e. The molecular weight excluding hydrogens is 334 g/mol. The first kappa shape index (κ1) is 17.7. The lowest BCUT2D eigenvalue weighted by Crippen LogP contribution is -2.40. The molecular formula is C20H23NO3S. The fourth-order valence-electron chi connectivity index (χ4n) is 3.14. The molecule has 132 valence electrons. The number of nitrogens with zero attached hydrogens (tertiary/aromatic N) is 1. The molecule has 0 aliphatic carbocycles. The maximum atomic E-state index is 13.1. The number of rotatable bonds is 4. The third-order valence-corrected chi connectivity index (χ3v) is 6.43. The highest BCUT2D eigenvalue weighted by atomic mass is 32.2. The molecule has 0 aromatic heterocycles. The molecule has 1 heterocycles. The minimum Gasteiger partial charge on any atom is -0.330 e. The molecule has 1 atom stereocenters. The van der Waals surface area contributed by atoms with Gasteiger partial charge in [0.1, 0.15) is 0 Å². The van der Waals surface area contributed by atoms with Crippen LogP contribution in [-0.2, 0) is 16.4 Å². The first-order chi connectivity index (χ1) is 11.8. The fourth-order valence-corrected chi connectivity index (χ4v) is 4.87. The summed E-state index contributed by atoms with van der Waals surface area (Å²) in [5, 5.41) is 0. The zero-order valence-electron chi connectivity index (χ0n) is 14.6. The molecule has 2 aromatic carbocycles. The van der Waals surface area contributed by atoms with E-state index < -0.39 is 9.84 Å². The topological polar surface area (TPSA) is 54.5 Å². The van der Waals surface area contributed by atoms with Crippen LogP contribution in [0.25, 0.3) is 0 Å². The van der Waals surface area contributed by atoms with Gasteiger partial charge in [-0.05, 0) is 38.0 Å². The Morgan fingerprint density at radius 3 is 2.08 bits per heavy atom. The van der Waals surface area contributed by atoms with Crippen LogP contribution in [0.5, 0.6) is 0 Å². The summed E-state index contributed by atoms with van der Waals surface area (Å²) < 4.78 is 23.8. The summed E-state index contributed by atoms with van der Waals surface area (Å²) in [6, 6.07) is 15.2. The molecule has 1 fully saturated rings. The van der Waals surface area contributed by atoms with Crippen LogP contribution >= 0.6 is 0 Å². The van der Waals surface area contributed by atoms with Crippen molar-refractivity contribution in [3.63, 3.8) is 0 Å². The van der Waals surface area contributed by atoms with E-state index in [4.69, 9.17) is 0 Å².